The van der Waals surface area contributed by atoms with Crippen LogP contribution in [0.4, 0.5) is 0 Å². The van der Waals surface area contributed by atoms with E-state index in [-0.39, 0.29) is 19.1 Å². The lowest BCUT2D eigenvalue weighted by Crippen LogP contribution is -2.30. The summed E-state index contributed by atoms with van der Waals surface area (Å²) in [4.78, 5) is 23.7. The molecule has 0 aliphatic carbocycles. The maximum absolute atomic E-state index is 12.0. The molecule has 7 nitrogen and oxygen atoms in total. The van der Waals surface area contributed by atoms with Crippen LogP contribution >= 0.6 is 0 Å². The molecule has 1 N–H and O–H groups in total. The van der Waals surface area contributed by atoms with E-state index in [1.54, 1.807) is 11.6 Å². The summed E-state index contributed by atoms with van der Waals surface area (Å²) in [6, 6.07) is 11.4. The van der Waals surface area contributed by atoms with Gasteiger partial charge in [-0.15, -0.1) is 0 Å². The van der Waals surface area contributed by atoms with Gasteiger partial charge >= 0.3 is 5.97 Å². The molecule has 0 aliphatic heterocycles. The van der Waals surface area contributed by atoms with Crippen molar-refractivity contribution in [1.29, 1.82) is 5.26 Å². The number of aryl methyl sites for hydroxylation is 1. The van der Waals surface area contributed by atoms with Gasteiger partial charge in [0, 0.05) is 6.42 Å². The number of benzene rings is 1. The van der Waals surface area contributed by atoms with Crippen molar-refractivity contribution in [3.63, 3.8) is 0 Å². The standard InChI is InChI=1S/C20H24N4O3/c1-14(2)9-10-19(25)22-12-20(26)27-13-18-17(11-21)15(3)23-24(18)16-7-5-4-6-8-16/h4-8,14H,9-10,12-13H2,1-3H3,(H,22,25). The Bertz CT molecular complexity index is 835. The molecule has 1 heterocycles. The third-order valence-electron chi connectivity index (χ3n) is 4.02. The zero-order valence-corrected chi connectivity index (χ0v) is 15.9. The fraction of sp³-hybridized carbons (Fsp3) is 0.400. The van der Waals surface area contributed by atoms with Gasteiger partial charge in [0.2, 0.25) is 5.91 Å². The van der Waals surface area contributed by atoms with Gasteiger partial charge in [-0.2, -0.15) is 10.4 Å². The van der Waals surface area contributed by atoms with E-state index in [2.05, 4.69) is 16.5 Å². The molecular weight excluding hydrogens is 344 g/mol. The smallest absolute Gasteiger partial charge is 0.325 e. The highest BCUT2D eigenvalue weighted by Gasteiger charge is 2.18. The summed E-state index contributed by atoms with van der Waals surface area (Å²) in [5.74, 6) is -0.313. The van der Waals surface area contributed by atoms with Crippen molar-refractivity contribution in [2.45, 2.75) is 40.2 Å². The highest BCUT2D eigenvalue weighted by atomic mass is 16.5. The Hall–Kier alpha value is -3.14. The van der Waals surface area contributed by atoms with Crippen LogP contribution < -0.4 is 5.32 Å². The van der Waals surface area contributed by atoms with E-state index < -0.39 is 5.97 Å². The van der Waals surface area contributed by atoms with E-state index in [0.717, 1.165) is 12.1 Å². The second-order valence-electron chi connectivity index (χ2n) is 6.64. The molecule has 0 aliphatic rings. The van der Waals surface area contributed by atoms with Crippen LogP contribution in [0.1, 0.15) is 43.6 Å². The molecule has 142 valence electrons. The average Bonchev–Trinajstić information content (AvgIpc) is 2.99. The van der Waals surface area contributed by atoms with Gasteiger partial charge < -0.3 is 10.1 Å². The number of esters is 1. The number of nitriles is 1. The van der Waals surface area contributed by atoms with Crippen LogP contribution in [0.3, 0.4) is 0 Å². The van der Waals surface area contributed by atoms with Crippen molar-refractivity contribution in [2.75, 3.05) is 6.54 Å². The molecule has 1 aromatic carbocycles. The van der Waals surface area contributed by atoms with Crippen LogP contribution in [0.25, 0.3) is 5.69 Å². The minimum Gasteiger partial charge on any atom is -0.458 e. The van der Waals surface area contributed by atoms with Gasteiger partial charge in [0.05, 0.1) is 17.1 Å². The number of nitrogens with zero attached hydrogens (tertiary/aromatic N) is 3. The molecule has 0 spiro atoms. The van der Waals surface area contributed by atoms with E-state index in [0.29, 0.717) is 29.3 Å². The number of carbonyl (C=O) groups excluding carboxylic acids is 2. The first-order chi connectivity index (χ1) is 12.9. The number of ether oxygens (including phenoxy) is 1. The number of nitrogens with one attached hydrogen (secondary N) is 1. The van der Waals surface area contributed by atoms with Gasteiger partial charge in [-0.1, -0.05) is 32.0 Å². The Kier molecular flexibility index (Phi) is 7.12. The SMILES string of the molecule is Cc1nn(-c2ccccc2)c(COC(=O)CNC(=O)CCC(C)C)c1C#N. The maximum Gasteiger partial charge on any atom is 0.325 e. The zero-order valence-electron chi connectivity index (χ0n) is 15.9. The van der Waals surface area contributed by atoms with Crippen molar-refractivity contribution >= 4 is 11.9 Å². The molecule has 0 atom stereocenters. The lowest BCUT2D eigenvalue weighted by Gasteiger charge is -2.10. The Morgan fingerprint density at radius 3 is 2.63 bits per heavy atom. The number of para-hydroxylation sites is 1. The van der Waals surface area contributed by atoms with Gasteiger partial charge in [-0.25, -0.2) is 4.68 Å². The van der Waals surface area contributed by atoms with Crippen LogP contribution in [-0.4, -0.2) is 28.2 Å². The topological polar surface area (TPSA) is 97.0 Å². The van der Waals surface area contributed by atoms with Crippen molar-refractivity contribution < 1.29 is 14.3 Å². The quantitative estimate of drug-likeness (QED) is 0.723. The summed E-state index contributed by atoms with van der Waals surface area (Å²) in [6.45, 7) is 5.51. The Morgan fingerprint density at radius 1 is 1.30 bits per heavy atom. The van der Waals surface area contributed by atoms with E-state index in [1.807, 2.05) is 44.2 Å². The summed E-state index contributed by atoms with van der Waals surface area (Å²) in [5, 5.41) is 16.3. The van der Waals surface area contributed by atoms with E-state index in [1.165, 1.54) is 0 Å². The molecule has 1 amide bonds. The van der Waals surface area contributed by atoms with Gasteiger partial charge in [0.1, 0.15) is 24.8 Å². The van der Waals surface area contributed by atoms with Crippen molar-refractivity contribution in [1.82, 2.24) is 15.1 Å². The minimum absolute atomic E-state index is 0.0979. The lowest BCUT2D eigenvalue weighted by molar-refractivity contribution is -0.145. The van der Waals surface area contributed by atoms with Gasteiger partial charge in [0.15, 0.2) is 0 Å². The van der Waals surface area contributed by atoms with Crippen LogP contribution in [0.2, 0.25) is 0 Å². The van der Waals surface area contributed by atoms with Crippen LogP contribution in [0.15, 0.2) is 30.3 Å². The van der Waals surface area contributed by atoms with Crippen molar-refractivity contribution in [3.8, 4) is 11.8 Å². The van der Waals surface area contributed by atoms with Gasteiger partial charge in [-0.05, 0) is 31.4 Å². The fourth-order valence-corrected chi connectivity index (χ4v) is 2.52. The Balaban J connectivity index is 2.00. The number of rotatable bonds is 8. The molecule has 7 heteroatoms. The predicted molar refractivity (Wildman–Crippen MR) is 99.9 cm³/mol. The minimum atomic E-state index is -0.560. The molecule has 0 unspecified atom stereocenters. The summed E-state index contributed by atoms with van der Waals surface area (Å²) in [6.07, 6.45) is 1.14. The third kappa shape index (κ3) is 5.68. The van der Waals surface area contributed by atoms with E-state index in [4.69, 9.17) is 4.74 Å². The monoisotopic (exact) mass is 368 g/mol. The molecule has 0 bridgehead atoms. The maximum atomic E-state index is 12.0. The molecule has 0 saturated heterocycles. The van der Waals surface area contributed by atoms with E-state index in [9.17, 15) is 14.9 Å². The van der Waals surface area contributed by atoms with Crippen LogP contribution in [0, 0.1) is 24.2 Å². The van der Waals surface area contributed by atoms with Crippen molar-refractivity contribution in [2.24, 2.45) is 5.92 Å². The normalized spacial score (nSPS) is 10.5. The summed E-state index contributed by atoms with van der Waals surface area (Å²) < 4.78 is 6.86. The first kappa shape index (κ1) is 20.2. The number of aromatic nitrogens is 2. The number of hydrogen-bond acceptors (Lipinski definition) is 5. The fourth-order valence-electron chi connectivity index (χ4n) is 2.52. The molecule has 0 radical (unpaired) electrons. The average molecular weight is 368 g/mol. The summed E-state index contributed by atoms with van der Waals surface area (Å²) >= 11 is 0. The molecule has 2 aromatic rings. The van der Waals surface area contributed by atoms with Gasteiger partial charge in [0.25, 0.3) is 0 Å². The molecular formula is C20H24N4O3. The largest absolute Gasteiger partial charge is 0.458 e. The third-order valence-corrected chi connectivity index (χ3v) is 4.02. The zero-order chi connectivity index (χ0) is 19.8. The molecule has 0 saturated carbocycles. The molecule has 1 aromatic heterocycles. The predicted octanol–water partition coefficient (Wildman–Crippen LogP) is 2.65. The lowest BCUT2D eigenvalue weighted by atomic mass is 10.1. The second-order valence-corrected chi connectivity index (χ2v) is 6.64. The first-order valence-electron chi connectivity index (χ1n) is 8.88. The number of hydrogen-bond donors (Lipinski definition) is 1. The molecule has 27 heavy (non-hydrogen) atoms. The van der Waals surface area contributed by atoms with Crippen molar-refractivity contribution in [3.05, 3.63) is 47.3 Å². The number of amides is 1. The molecule has 0 fully saturated rings. The Labute approximate surface area is 158 Å². The number of carbonyl (C=O) groups is 2. The van der Waals surface area contributed by atoms with Gasteiger partial charge in [-0.3, -0.25) is 9.59 Å². The highest BCUT2D eigenvalue weighted by molar-refractivity contribution is 5.81. The summed E-state index contributed by atoms with van der Waals surface area (Å²) in [5.41, 5.74) is 2.22. The van der Waals surface area contributed by atoms with E-state index >= 15 is 0 Å². The highest BCUT2D eigenvalue weighted by Crippen LogP contribution is 2.19. The summed E-state index contributed by atoms with van der Waals surface area (Å²) in [7, 11) is 0. The first-order valence-corrected chi connectivity index (χ1v) is 8.88. The van der Waals surface area contributed by atoms with Crippen LogP contribution in [0.5, 0.6) is 0 Å². The van der Waals surface area contributed by atoms with Crippen LogP contribution in [-0.2, 0) is 20.9 Å². The Morgan fingerprint density at radius 2 is 2.00 bits per heavy atom. The molecule has 2 rings (SSSR count). The second kappa shape index (κ2) is 9.53.